The van der Waals surface area contributed by atoms with Gasteiger partial charge in [-0.3, -0.25) is 4.79 Å². The molecule has 0 aromatic heterocycles. The Labute approximate surface area is 167 Å². The van der Waals surface area contributed by atoms with Crippen LogP contribution in [0.2, 0.25) is 0 Å². The number of aryl methyl sites for hydroxylation is 1. The maximum atomic E-state index is 12.2. The summed E-state index contributed by atoms with van der Waals surface area (Å²) in [5.74, 6) is 0.775. The van der Waals surface area contributed by atoms with E-state index in [1.54, 1.807) is 7.11 Å². The molecule has 0 spiro atoms. The Morgan fingerprint density at radius 2 is 1.79 bits per heavy atom. The summed E-state index contributed by atoms with van der Waals surface area (Å²) in [6.45, 7) is 6.81. The molecular weight excluding hydrogens is 352 g/mol. The molecule has 0 radical (unpaired) electrons. The highest BCUT2D eigenvalue weighted by Gasteiger charge is 2.14. The van der Waals surface area contributed by atoms with Gasteiger partial charge in [-0.1, -0.05) is 6.07 Å². The number of rotatable bonds is 7. The zero-order chi connectivity index (χ0) is 19.9. The molecule has 0 bridgehead atoms. The number of nitrogens with zero attached hydrogens (tertiary/aromatic N) is 2. The second-order valence-electron chi connectivity index (χ2n) is 7.27. The van der Waals surface area contributed by atoms with Gasteiger partial charge in [0.05, 0.1) is 12.8 Å². The number of benzene rings is 2. The first-order valence-corrected chi connectivity index (χ1v) is 9.77. The first kappa shape index (κ1) is 20.0. The van der Waals surface area contributed by atoms with Crippen molar-refractivity contribution in [3.05, 3.63) is 48.0 Å². The van der Waals surface area contributed by atoms with Gasteiger partial charge in [-0.25, -0.2) is 0 Å². The second-order valence-corrected chi connectivity index (χ2v) is 7.27. The number of methoxy groups -OCH3 is 1. The maximum absolute atomic E-state index is 12.2. The fraction of sp³-hybridized carbons (Fsp3) is 0.409. The van der Waals surface area contributed by atoms with E-state index in [1.807, 2.05) is 37.3 Å². The third-order valence-electron chi connectivity index (χ3n) is 5.04. The lowest BCUT2D eigenvalue weighted by Crippen LogP contribution is -2.44. The van der Waals surface area contributed by atoms with Crippen LogP contribution in [0.5, 0.6) is 5.75 Å². The minimum absolute atomic E-state index is 0.00790. The molecule has 1 saturated heterocycles. The van der Waals surface area contributed by atoms with Gasteiger partial charge in [0.25, 0.3) is 0 Å². The van der Waals surface area contributed by atoms with Crippen molar-refractivity contribution in [3.63, 3.8) is 0 Å². The van der Waals surface area contributed by atoms with Gasteiger partial charge in [-0.2, -0.15) is 0 Å². The lowest BCUT2D eigenvalue weighted by molar-refractivity contribution is -0.115. The molecule has 150 valence electrons. The van der Waals surface area contributed by atoms with Crippen LogP contribution in [0.25, 0.3) is 0 Å². The summed E-state index contributed by atoms with van der Waals surface area (Å²) < 4.78 is 5.35. The van der Waals surface area contributed by atoms with Gasteiger partial charge in [0, 0.05) is 50.5 Å². The Morgan fingerprint density at radius 3 is 2.46 bits per heavy atom. The SMILES string of the molecule is COc1ccc(C)cc1NCCC(=O)Nc1ccc(N2CCN(C)CC2)cc1. The number of ether oxygens (including phenoxy) is 1. The number of hydrogen-bond acceptors (Lipinski definition) is 5. The molecular formula is C22H30N4O2. The molecule has 0 aliphatic carbocycles. The van der Waals surface area contributed by atoms with Crippen molar-refractivity contribution in [1.29, 1.82) is 0 Å². The molecule has 6 heteroatoms. The molecule has 3 rings (SSSR count). The lowest BCUT2D eigenvalue weighted by Gasteiger charge is -2.34. The number of anilines is 3. The third kappa shape index (κ3) is 5.39. The Morgan fingerprint density at radius 1 is 1.07 bits per heavy atom. The number of amides is 1. The van der Waals surface area contributed by atoms with Gasteiger partial charge in [0.1, 0.15) is 5.75 Å². The fourth-order valence-electron chi connectivity index (χ4n) is 3.31. The highest BCUT2D eigenvalue weighted by Crippen LogP contribution is 2.25. The van der Waals surface area contributed by atoms with Crippen LogP contribution in [0.3, 0.4) is 0 Å². The Balaban J connectivity index is 1.46. The van der Waals surface area contributed by atoms with Crippen LogP contribution >= 0.6 is 0 Å². The van der Waals surface area contributed by atoms with Gasteiger partial charge >= 0.3 is 0 Å². The van der Waals surface area contributed by atoms with Gasteiger partial charge in [0.15, 0.2) is 0 Å². The van der Waals surface area contributed by atoms with E-state index in [0.717, 1.165) is 48.9 Å². The van der Waals surface area contributed by atoms with E-state index in [9.17, 15) is 4.79 Å². The van der Waals surface area contributed by atoms with Gasteiger partial charge in [-0.15, -0.1) is 0 Å². The monoisotopic (exact) mass is 382 g/mol. The number of nitrogens with one attached hydrogen (secondary N) is 2. The molecule has 6 nitrogen and oxygen atoms in total. The molecule has 2 N–H and O–H groups in total. The van der Waals surface area contributed by atoms with Crippen LogP contribution in [-0.2, 0) is 4.79 Å². The Bertz CT molecular complexity index is 784. The van der Waals surface area contributed by atoms with Crippen LogP contribution in [0.15, 0.2) is 42.5 Å². The molecule has 0 unspecified atom stereocenters. The molecule has 2 aromatic carbocycles. The largest absolute Gasteiger partial charge is 0.495 e. The van der Waals surface area contributed by atoms with Gasteiger partial charge in [-0.05, 0) is 55.9 Å². The molecule has 28 heavy (non-hydrogen) atoms. The summed E-state index contributed by atoms with van der Waals surface area (Å²) in [6.07, 6.45) is 0.386. The summed E-state index contributed by atoms with van der Waals surface area (Å²) in [5, 5.41) is 6.25. The number of carbonyl (C=O) groups is 1. The topological polar surface area (TPSA) is 56.8 Å². The first-order valence-electron chi connectivity index (χ1n) is 9.77. The van der Waals surface area contributed by atoms with E-state index in [4.69, 9.17) is 4.74 Å². The average Bonchev–Trinajstić information content (AvgIpc) is 2.69. The van der Waals surface area contributed by atoms with Crippen molar-refractivity contribution in [2.45, 2.75) is 13.3 Å². The van der Waals surface area contributed by atoms with Gasteiger partial charge < -0.3 is 25.2 Å². The van der Waals surface area contributed by atoms with Gasteiger partial charge in [0.2, 0.25) is 5.91 Å². The molecule has 0 saturated carbocycles. The summed E-state index contributed by atoms with van der Waals surface area (Å²) in [4.78, 5) is 17.0. The predicted octanol–water partition coefficient (Wildman–Crippen LogP) is 3.20. The van der Waals surface area contributed by atoms with Crippen LogP contribution in [0.1, 0.15) is 12.0 Å². The highest BCUT2D eigenvalue weighted by molar-refractivity contribution is 5.91. The molecule has 0 atom stereocenters. The number of likely N-dealkylation sites (N-methyl/N-ethyl adjacent to an activating group) is 1. The number of carbonyl (C=O) groups excluding carboxylic acids is 1. The average molecular weight is 383 g/mol. The van der Waals surface area contributed by atoms with Crippen molar-refractivity contribution in [2.75, 3.05) is 62.4 Å². The van der Waals surface area contributed by atoms with E-state index < -0.39 is 0 Å². The summed E-state index contributed by atoms with van der Waals surface area (Å²) in [6, 6.07) is 14.1. The summed E-state index contributed by atoms with van der Waals surface area (Å²) >= 11 is 0. The standard InChI is InChI=1S/C22H30N4O2/c1-17-4-9-21(28-3)20(16-17)23-11-10-22(27)24-18-5-7-19(8-6-18)26-14-12-25(2)13-15-26/h4-9,16,23H,10-15H2,1-3H3,(H,24,27). The van der Waals surface area contributed by atoms with Crippen LogP contribution < -0.4 is 20.3 Å². The molecule has 1 heterocycles. The van der Waals surface area contributed by atoms with Crippen molar-refractivity contribution in [3.8, 4) is 5.75 Å². The minimum Gasteiger partial charge on any atom is -0.495 e. The summed E-state index contributed by atoms with van der Waals surface area (Å²) in [7, 11) is 3.80. The van der Waals surface area contributed by atoms with Crippen LogP contribution in [-0.4, -0.2) is 57.7 Å². The van der Waals surface area contributed by atoms with Crippen LogP contribution in [0.4, 0.5) is 17.1 Å². The smallest absolute Gasteiger partial charge is 0.226 e. The van der Waals surface area contributed by atoms with Crippen LogP contribution in [0, 0.1) is 6.92 Å². The quantitative estimate of drug-likeness (QED) is 0.770. The Kier molecular flexibility index (Phi) is 6.76. The zero-order valence-electron chi connectivity index (χ0n) is 17.0. The van der Waals surface area contributed by atoms with E-state index in [0.29, 0.717) is 13.0 Å². The van der Waals surface area contributed by atoms with Crippen molar-refractivity contribution in [1.82, 2.24) is 4.90 Å². The molecule has 1 aliphatic heterocycles. The van der Waals surface area contributed by atoms with Crippen molar-refractivity contribution < 1.29 is 9.53 Å². The summed E-state index contributed by atoms with van der Waals surface area (Å²) in [5.41, 5.74) is 4.09. The van der Waals surface area contributed by atoms with E-state index >= 15 is 0 Å². The molecule has 2 aromatic rings. The zero-order valence-corrected chi connectivity index (χ0v) is 17.0. The Hall–Kier alpha value is -2.73. The fourth-order valence-corrected chi connectivity index (χ4v) is 3.31. The lowest BCUT2D eigenvalue weighted by atomic mass is 10.2. The number of hydrogen-bond donors (Lipinski definition) is 2. The van der Waals surface area contributed by atoms with Crippen molar-refractivity contribution >= 4 is 23.0 Å². The highest BCUT2D eigenvalue weighted by atomic mass is 16.5. The predicted molar refractivity (Wildman–Crippen MR) is 116 cm³/mol. The molecule has 1 fully saturated rings. The van der Waals surface area contributed by atoms with Crippen molar-refractivity contribution in [2.24, 2.45) is 0 Å². The normalized spacial score (nSPS) is 14.6. The third-order valence-corrected chi connectivity index (χ3v) is 5.04. The maximum Gasteiger partial charge on any atom is 0.226 e. The molecule has 1 aliphatic rings. The van der Waals surface area contributed by atoms with E-state index in [2.05, 4.69) is 39.6 Å². The van der Waals surface area contributed by atoms with E-state index in [-0.39, 0.29) is 5.91 Å². The van der Waals surface area contributed by atoms with E-state index in [1.165, 1.54) is 5.69 Å². The number of piperazine rings is 1. The molecule has 1 amide bonds. The second kappa shape index (κ2) is 9.46. The minimum atomic E-state index is -0.00790. The first-order chi connectivity index (χ1) is 13.5.